The zero-order valence-electron chi connectivity index (χ0n) is 12.9. The van der Waals surface area contributed by atoms with Crippen molar-refractivity contribution in [3.8, 4) is 5.75 Å². The highest BCUT2D eigenvalue weighted by Crippen LogP contribution is 2.30. The van der Waals surface area contributed by atoms with Crippen molar-refractivity contribution >= 4 is 11.5 Å². The Hall–Kier alpha value is -1.59. The first-order chi connectivity index (χ1) is 10.1. The molecular formula is C16H24N2O3. The van der Waals surface area contributed by atoms with Crippen molar-refractivity contribution in [1.29, 1.82) is 0 Å². The fraction of sp³-hybridized carbons (Fsp3) is 0.562. The van der Waals surface area contributed by atoms with Gasteiger partial charge in [-0.25, -0.2) is 0 Å². The van der Waals surface area contributed by atoms with Crippen LogP contribution in [-0.4, -0.2) is 54.2 Å². The molecular weight excluding hydrogens is 268 g/mol. The van der Waals surface area contributed by atoms with Gasteiger partial charge in [0.15, 0.2) is 5.78 Å². The Balaban J connectivity index is 2.16. The average Bonchev–Trinajstić information content (AvgIpc) is 2.50. The first-order valence-corrected chi connectivity index (χ1v) is 7.50. The molecule has 2 N–H and O–H groups in total. The number of ketones is 1. The number of rotatable bonds is 6. The van der Waals surface area contributed by atoms with E-state index in [1.807, 2.05) is 43.9 Å². The van der Waals surface area contributed by atoms with E-state index in [2.05, 4.69) is 5.32 Å². The molecule has 2 atom stereocenters. The highest BCUT2D eigenvalue weighted by Gasteiger charge is 2.23. The van der Waals surface area contributed by atoms with E-state index in [1.165, 1.54) is 0 Å². The number of nitrogens with one attached hydrogen (secondary N) is 1. The number of nitrogens with zero attached hydrogens (tertiary/aromatic N) is 1. The smallest absolute Gasteiger partial charge is 0.179 e. The molecule has 1 aliphatic rings. The van der Waals surface area contributed by atoms with Gasteiger partial charge in [-0.1, -0.05) is 6.92 Å². The Labute approximate surface area is 125 Å². The van der Waals surface area contributed by atoms with Crippen molar-refractivity contribution in [1.82, 2.24) is 4.90 Å². The number of carbonyl (C=O) groups excluding carboxylic acids is 1. The molecule has 116 valence electrons. The Morgan fingerprint density at radius 1 is 1.57 bits per heavy atom. The molecule has 0 spiro atoms. The molecule has 5 nitrogen and oxygen atoms in total. The highest BCUT2D eigenvalue weighted by molar-refractivity contribution is 6.01. The largest absolute Gasteiger partial charge is 0.487 e. The molecule has 1 aromatic carbocycles. The summed E-state index contributed by atoms with van der Waals surface area (Å²) < 4.78 is 5.72. The lowest BCUT2D eigenvalue weighted by Crippen LogP contribution is -2.40. The summed E-state index contributed by atoms with van der Waals surface area (Å²) >= 11 is 0. The molecule has 1 heterocycles. The number of ether oxygens (including phenoxy) is 1. The quantitative estimate of drug-likeness (QED) is 0.782. The Morgan fingerprint density at radius 3 is 3.00 bits per heavy atom. The molecule has 0 saturated heterocycles. The molecule has 0 radical (unpaired) electrons. The third-order valence-electron chi connectivity index (χ3n) is 3.89. The Kier molecular flexibility index (Phi) is 5.20. The minimum atomic E-state index is -0.247. The Morgan fingerprint density at radius 2 is 2.33 bits per heavy atom. The van der Waals surface area contributed by atoms with Gasteiger partial charge in [0.25, 0.3) is 0 Å². The van der Waals surface area contributed by atoms with Gasteiger partial charge in [0, 0.05) is 12.1 Å². The first kappa shape index (κ1) is 15.8. The Bertz CT molecular complexity index is 504. The number of likely N-dealkylation sites (N-methyl/N-ethyl adjacent to an activating group) is 1. The molecule has 0 aromatic heterocycles. The fourth-order valence-corrected chi connectivity index (χ4v) is 2.60. The number of fused-ring (bicyclic) bond motifs is 1. The van der Waals surface area contributed by atoms with Crippen LogP contribution >= 0.6 is 0 Å². The van der Waals surface area contributed by atoms with Gasteiger partial charge in [-0.3, -0.25) is 9.69 Å². The van der Waals surface area contributed by atoms with E-state index in [9.17, 15) is 4.79 Å². The lowest BCUT2D eigenvalue weighted by molar-refractivity contribution is 0.0817. The van der Waals surface area contributed by atoms with E-state index in [0.717, 1.165) is 24.5 Å². The number of hydrogen-bond acceptors (Lipinski definition) is 5. The van der Waals surface area contributed by atoms with Crippen molar-refractivity contribution in [3.05, 3.63) is 23.8 Å². The van der Waals surface area contributed by atoms with Gasteiger partial charge in [0.2, 0.25) is 0 Å². The van der Waals surface area contributed by atoms with Crippen LogP contribution in [0, 0.1) is 0 Å². The third kappa shape index (κ3) is 3.54. The second-order valence-electron chi connectivity index (χ2n) is 5.41. The van der Waals surface area contributed by atoms with Gasteiger partial charge in [0.05, 0.1) is 24.9 Å². The summed E-state index contributed by atoms with van der Waals surface area (Å²) in [4.78, 5) is 14.5. The monoisotopic (exact) mass is 292 g/mol. The zero-order chi connectivity index (χ0) is 15.4. The minimum absolute atomic E-state index is 0.0585. The molecule has 0 bridgehead atoms. The van der Waals surface area contributed by atoms with Crippen LogP contribution in [0.3, 0.4) is 0 Å². The molecule has 1 aromatic rings. The molecule has 0 amide bonds. The number of carbonyl (C=O) groups is 1. The standard InChI is InChI=1S/C16H24N2O3/c1-4-18(7-8-19)12(3)16(20)13-5-6-15-14(9-13)17-10-11(2)21-15/h5-6,9,11-12,17,19H,4,7-8,10H2,1-3H3. The van der Waals surface area contributed by atoms with E-state index in [0.29, 0.717) is 12.1 Å². The molecule has 2 rings (SSSR count). The van der Waals surface area contributed by atoms with Crippen LogP contribution in [0.1, 0.15) is 31.1 Å². The van der Waals surface area contributed by atoms with Crippen LogP contribution in [0.2, 0.25) is 0 Å². The fourth-order valence-electron chi connectivity index (χ4n) is 2.60. The predicted octanol–water partition coefficient (Wildman–Crippen LogP) is 1.76. The lowest BCUT2D eigenvalue weighted by Gasteiger charge is -2.27. The summed E-state index contributed by atoms with van der Waals surface area (Å²) in [7, 11) is 0. The van der Waals surface area contributed by atoms with Gasteiger partial charge < -0.3 is 15.2 Å². The van der Waals surface area contributed by atoms with E-state index in [4.69, 9.17) is 9.84 Å². The summed E-state index contributed by atoms with van der Waals surface area (Å²) in [6.07, 6.45) is 0.137. The van der Waals surface area contributed by atoms with E-state index in [1.54, 1.807) is 0 Å². The average molecular weight is 292 g/mol. The molecule has 1 aliphatic heterocycles. The van der Waals surface area contributed by atoms with Crippen LogP contribution in [-0.2, 0) is 0 Å². The van der Waals surface area contributed by atoms with Crippen molar-refractivity contribution in [2.24, 2.45) is 0 Å². The molecule has 0 fully saturated rings. The number of hydrogen-bond donors (Lipinski definition) is 2. The summed E-state index contributed by atoms with van der Waals surface area (Å²) in [5.41, 5.74) is 1.54. The van der Waals surface area contributed by atoms with Crippen molar-refractivity contribution < 1.29 is 14.6 Å². The number of benzene rings is 1. The molecule has 2 unspecified atom stereocenters. The van der Waals surface area contributed by atoms with E-state index >= 15 is 0 Å². The highest BCUT2D eigenvalue weighted by atomic mass is 16.5. The molecule has 5 heteroatoms. The maximum Gasteiger partial charge on any atom is 0.179 e. The molecule has 21 heavy (non-hydrogen) atoms. The van der Waals surface area contributed by atoms with Crippen LogP contribution < -0.4 is 10.1 Å². The summed E-state index contributed by atoms with van der Waals surface area (Å²) in [5.74, 6) is 0.856. The summed E-state index contributed by atoms with van der Waals surface area (Å²) in [5, 5.41) is 12.4. The van der Waals surface area contributed by atoms with Crippen LogP contribution in [0.5, 0.6) is 5.75 Å². The maximum absolute atomic E-state index is 12.6. The van der Waals surface area contributed by atoms with Gasteiger partial charge in [-0.15, -0.1) is 0 Å². The van der Waals surface area contributed by atoms with Gasteiger partial charge in [0.1, 0.15) is 11.9 Å². The second-order valence-corrected chi connectivity index (χ2v) is 5.41. The van der Waals surface area contributed by atoms with Crippen molar-refractivity contribution in [2.45, 2.75) is 32.9 Å². The van der Waals surface area contributed by atoms with E-state index in [-0.39, 0.29) is 24.5 Å². The lowest BCUT2D eigenvalue weighted by atomic mass is 10.0. The first-order valence-electron chi connectivity index (χ1n) is 7.50. The number of aliphatic hydroxyl groups is 1. The summed E-state index contributed by atoms with van der Waals surface area (Å²) in [6, 6.07) is 5.26. The number of anilines is 1. The second kappa shape index (κ2) is 6.91. The predicted molar refractivity (Wildman–Crippen MR) is 83.1 cm³/mol. The van der Waals surface area contributed by atoms with Crippen LogP contribution in [0.15, 0.2) is 18.2 Å². The van der Waals surface area contributed by atoms with Gasteiger partial charge >= 0.3 is 0 Å². The number of aliphatic hydroxyl groups excluding tert-OH is 1. The normalized spacial score (nSPS) is 18.6. The minimum Gasteiger partial charge on any atom is -0.487 e. The molecule has 0 saturated carbocycles. The zero-order valence-corrected chi connectivity index (χ0v) is 12.9. The topological polar surface area (TPSA) is 61.8 Å². The van der Waals surface area contributed by atoms with Gasteiger partial charge in [-0.05, 0) is 38.6 Å². The van der Waals surface area contributed by atoms with Gasteiger partial charge in [-0.2, -0.15) is 0 Å². The van der Waals surface area contributed by atoms with Crippen LogP contribution in [0.25, 0.3) is 0 Å². The third-order valence-corrected chi connectivity index (χ3v) is 3.89. The maximum atomic E-state index is 12.6. The van der Waals surface area contributed by atoms with Crippen LogP contribution in [0.4, 0.5) is 5.69 Å². The molecule has 0 aliphatic carbocycles. The van der Waals surface area contributed by atoms with E-state index < -0.39 is 0 Å². The van der Waals surface area contributed by atoms with Crippen molar-refractivity contribution in [2.75, 3.05) is 31.6 Å². The number of Topliss-reactive ketones (excluding diaryl/α,β-unsaturated/α-hetero) is 1. The summed E-state index contributed by atoms with van der Waals surface area (Å²) in [6.45, 7) is 7.92. The van der Waals surface area contributed by atoms with Crippen molar-refractivity contribution in [3.63, 3.8) is 0 Å². The SMILES string of the molecule is CCN(CCO)C(C)C(=O)c1ccc2c(c1)NCC(C)O2.